The summed E-state index contributed by atoms with van der Waals surface area (Å²) >= 11 is 0. The number of anilines is 1. The van der Waals surface area contributed by atoms with Crippen LogP contribution >= 0.6 is 0 Å². The molecule has 0 fully saturated rings. The molecular weight excluding hydrogens is 182 g/mol. The Balaban J connectivity index is 2.70. The van der Waals surface area contributed by atoms with Gasteiger partial charge in [-0.1, -0.05) is 12.1 Å². The van der Waals surface area contributed by atoms with E-state index in [2.05, 4.69) is 10.9 Å². The third kappa shape index (κ3) is 2.48. The van der Waals surface area contributed by atoms with Gasteiger partial charge in [-0.3, -0.25) is 20.4 Å². The summed E-state index contributed by atoms with van der Waals surface area (Å²) < 4.78 is 0. The van der Waals surface area contributed by atoms with Crippen molar-refractivity contribution in [1.29, 1.82) is 0 Å². The summed E-state index contributed by atoms with van der Waals surface area (Å²) in [7, 11) is 0. The van der Waals surface area contributed by atoms with Gasteiger partial charge in [-0.2, -0.15) is 0 Å². The van der Waals surface area contributed by atoms with Crippen LogP contribution in [0.15, 0.2) is 24.3 Å². The molecule has 5 nitrogen and oxygen atoms in total. The topological polar surface area (TPSA) is 84.2 Å². The van der Waals surface area contributed by atoms with Gasteiger partial charge in [-0.15, -0.1) is 0 Å². The van der Waals surface area contributed by atoms with Crippen molar-refractivity contribution in [3.05, 3.63) is 29.8 Å². The molecule has 1 aromatic carbocycles. The zero-order valence-electron chi connectivity index (χ0n) is 7.70. The fourth-order valence-electron chi connectivity index (χ4n) is 0.916. The summed E-state index contributed by atoms with van der Waals surface area (Å²) in [4.78, 5) is 21.9. The largest absolute Gasteiger partial charge is 0.398 e. The predicted octanol–water partition coefficient (Wildman–Crippen LogP) is 0.0497. The Morgan fingerprint density at radius 1 is 1.21 bits per heavy atom. The molecule has 0 saturated carbocycles. The Labute approximate surface area is 81.3 Å². The van der Waals surface area contributed by atoms with Gasteiger partial charge in [-0.25, -0.2) is 0 Å². The van der Waals surface area contributed by atoms with Crippen LogP contribution in [0.2, 0.25) is 0 Å². The Morgan fingerprint density at radius 3 is 2.43 bits per heavy atom. The van der Waals surface area contributed by atoms with Crippen LogP contribution in [-0.4, -0.2) is 11.8 Å². The number of para-hydroxylation sites is 1. The van der Waals surface area contributed by atoms with E-state index in [0.29, 0.717) is 11.3 Å². The smallest absolute Gasteiger partial charge is 0.271 e. The number of carbonyl (C=O) groups excluding carboxylic acids is 2. The second kappa shape index (κ2) is 4.27. The monoisotopic (exact) mass is 193 g/mol. The predicted molar refractivity (Wildman–Crippen MR) is 52.1 cm³/mol. The zero-order chi connectivity index (χ0) is 10.6. The van der Waals surface area contributed by atoms with Gasteiger partial charge in [0.25, 0.3) is 5.91 Å². The lowest BCUT2D eigenvalue weighted by molar-refractivity contribution is -0.119. The van der Waals surface area contributed by atoms with Crippen molar-refractivity contribution in [3.63, 3.8) is 0 Å². The number of hydrogen-bond donors (Lipinski definition) is 3. The molecule has 0 bridgehead atoms. The minimum atomic E-state index is -0.432. The number of hydrazine groups is 1. The van der Waals surface area contributed by atoms with E-state index in [9.17, 15) is 9.59 Å². The third-order valence-corrected chi connectivity index (χ3v) is 1.56. The highest BCUT2D eigenvalue weighted by atomic mass is 16.2. The van der Waals surface area contributed by atoms with Gasteiger partial charge in [0, 0.05) is 12.6 Å². The molecule has 5 heteroatoms. The minimum absolute atomic E-state index is 0.334. The lowest BCUT2D eigenvalue weighted by Crippen LogP contribution is -2.40. The highest BCUT2D eigenvalue weighted by Crippen LogP contribution is 2.09. The number of nitrogen functional groups attached to an aromatic ring is 1. The van der Waals surface area contributed by atoms with Crippen molar-refractivity contribution in [2.75, 3.05) is 5.73 Å². The SMILES string of the molecule is CC(=O)NNC(=O)c1ccccc1N. The number of amides is 2. The van der Waals surface area contributed by atoms with Gasteiger partial charge in [0.1, 0.15) is 0 Å². The maximum absolute atomic E-state index is 11.4. The van der Waals surface area contributed by atoms with Crippen LogP contribution in [0, 0.1) is 0 Å². The molecule has 0 aliphatic heterocycles. The molecule has 0 atom stereocenters. The van der Waals surface area contributed by atoms with Crippen LogP contribution in [0.3, 0.4) is 0 Å². The summed E-state index contributed by atoms with van der Waals surface area (Å²) in [6.07, 6.45) is 0. The van der Waals surface area contributed by atoms with Crippen LogP contribution < -0.4 is 16.6 Å². The van der Waals surface area contributed by atoms with Gasteiger partial charge in [0.2, 0.25) is 5.91 Å². The number of hydrogen-bond acceptors (Lipinski definition) is 3. The molecular formula is C9H11N3O2. The first-order valence-corrected chi connectivity index (χ1v) is 4.02. The van der Waals surface area contributed by atoms with E-state index < -0.39 is 5.91 Å². The Hall–Kier alpha value is -2.04. The second-order valence-corrected chi connectivity index (χ2v) is 2.72. The van der Waals surface area contributed by atoms with E-state index in [1.165, 1.54) is 6.92 Å². The number of carbonyl (C=O) groups is 2. The summed E-state index contributed by atoms with van der Waals surface area (Å²) in [5, 5.41) is 0. The van der Waals surface area contributed by atoms with Crippen molar-refractivity contribution in [1.82, 2.24) is 10.9 Å². The lowest BCUT2D eigenvalue weighted by Gasteiger charge is -2.06. The summed E-state index contributed by atoms with van der Waals surface area (Å²) in [5.41, 5.74) is 10.7. The molecule has 0 aromatic heterocycles. The van der Waals surface area contributed by atoms with E-state index in [1.807, 2.05) is 0 Å². The van der Waals surface area contributed by atoms with Crippen molar-refractivity contribution >= 4 is 17.5 Å². The van der Waals surface area contributed by atoms with Gasteiger partial charge in [0.05, 0.1) is 5.56 Å². The van der Waals surface area contributed by atoms with Crippen LogP contribution in [-0.2, 0) is 4.79 Å². The summed E-state index contributed by atoms with van der Waals surface area (Å²) in [6, 6.07) is 6.61. The Morgan fingerprint density at radius 2 is 1.86 bits per heavy atom. The fourth-order valence-corrected chi connectivity index (χ4v) is 0.916. The highest BCUT2D eigenvalue weighted by molar-refractivity contribution is 5.99. The van der Waals surface area contributed by atoms with E-state index >= 15 is 0 Å². The van der Waals surface area contributed by atoms with Crippen LogP contribution in [0.1, 0.15) is 17.3 Å². The van der Waals surface area contributed by atoms with E-state index in [0.717, 1.165) is 0 Å². The average molecular weight is 193 g/mol. The van der Waals surface area contributed by atoms with E-state index in [1.54, 1.807) is 24.3 Å². The Bertz CT molecular complexity index is 363. The maximum Gasteiger partial charge on any atom is 0.271 e. The maximum atomic E-state index is 11.4. The molecule has 4 N–H and O–H groups in total. The van der Waals surface area contributed by atoms with Crippen LogP contribution in [0.25, 0.3) is 0 Å². The van der Waals surface area contributed by atoms with Crippen molar-refractivity contribution < 1.29 is 9.59 Å². The fraction of sp³-hybridized carbons (Fsp3) is 0.111. The average Bonchev–Trinajstić information content (AvgIpc) is 2.15. The van der Waals surface area contributed by atoms with E-state index in [-0.39, 0.29) is 5.91 Å². The molecule has 1 aromatic rings. The van der Waals surface area contributed by atoms with Gasteiger partial charge in [0.15, 0.2) is 0 Å². The molecule has 0 radical (unpaired) electrons. The molecule has 0 spiro atoms. The molecule has 0 aliphatic carbocycles. The number of benzene rings is 1. The molecule has 1 rings (SSSR count). The van der Waals surface area contributed by atoms with Crippen LogP contribution in [0.5, 0.6) is 0 Å². The number of nitrogens with one attached hydrogen (secondary N) is 2. The minimum Gasteiger partial charge on any atom is -0.398 e. The van der Waals surface area contributed by atoms with Gasteiger partial charge < -0.3 is 5.73 Å². The summed E-state index contributed by atoms with van der Waals surface area (Å²) in [5.74, 6) is -0.772. The van der Waals surface area contributed by atoms with Gasteiger partial charge in [-0.05, 0) is 12.1 Å². The molecule has 0 unspecified atom stereocenters. The Kier molecular flexibility index (Phi) is 3.06. The molecule has 0 saturated heterocycles. The first-order valence-electron chi connectivity index (χ1n) is 4.02. The van der Waals surface area contributed by atoms with Crippen molar-refractivity contribution in [2.24, 2.45) is 0 Å². The quantitative estimate of drug-likeness (QED) is 0.435. The highest BCUT2D eigenvalue weighted by Gasteiger charge is 2.07. The van der Waals surface area contributed by atoms with E-state index in [4.69, 9.17) is 5.73 Å². The first kappa shape index (κ1) is 10.0. The third-order valence-electron chi connectivity index (χ3n) is 1.56. The van der Waals surface area contributed by atoms with Gasteiger partial charge >= 0.3 is 0 Å². The van der Waals surface area contributed by atoms with Crippen LogP contribution in [0.4, 0.5) is 5.69 Å². The number of rotatable bonds is 1. The normalized spacial score (nSPS) is 9.21. The summed E-state index contributed by atoms with van der Waals surface area (Å²) in [6.45, 7) is 1.30. The zero-order valence-corrected chi connectivity index (χ0v) is 7.70. The standard InChI is InChI=1S/C9H11N3O2/c1-6(13)11-12-9(14)7-4-2-3-5-8(7)10/h2-5H,10H2,1H3,(H,11,13)(H,12,14). The lowest BCUT2D eigenvalue weighted by atomic mass is 10.2. The first-order chi connectivity index (χ1) is 6.61. The molecule has 14 heavy (non-hydrogen) atoms. The second-order valence-electron chi connectivity index (χ2n) is 2.72. The molecule has 0 aliphatic rings. The van der Waals surface area contributed by atoms with Crippen molar-refractivity contribution in [3.8, 4) is 0 Å². The van der Waals surface area contributed by atoms with Crippen molar-refractivity contribution in [2.45, 2.75) is 6.92 Å². The molecule has 0 heterocycles. The number of nitrogens with two attached hydrogens (primary N) is 1. The molecule has 2 amide bonds. The molecule has 74 valence electrons.